The number of hydrogen-bond donors (Lipinski definition) is 1. The first-order chi connectivity index (χ1) is 7.04. The van der Waals surface area contributed by atoms with Gasteiger partial charge in [0.1, 0.15) is 12.0 Å². The van der Waals surface area contributed by atoms with Crippen LogP contribution in [0, 0.1) is 6.92 Å². The first-order valence-electron chi connectivity index (χ1n) is 4.82. The number of imidazole rings is 1. The molecule has 4 heteroatoms. The van der Waals surface area contributed by atoms with Crippen molar-refractivity contribution in [3.63, 3.8) is 0 Å². The summed E-state index contributed by atoms with van der Waals surface area (Å²) in [6.07, 6.45) is 5.89. The molecular formula is C11H15ClN2O. The van der Waals surface area contributed by atoms with Gasteiger partial charge in [0, 0.05) is 5.03 Å². The van der Waals surface area contributed by atoms with Crippen LogP contribution < -0.4 is 0 Å². The van der Waals surface area contributed by atoms with Gasteiger partial charge in [0.15, 0.2) is 0 Å². The van der Waals surface area contributed by atoms with Crippen molar-refractivity contribution in [3.05, 3.63) is 34.4 Å². The topological polar surface area (TPSA) is 38.0 Å². The summed E-state index contributed by atoms with van der Waals surface area (Å²) in [6, 6.07) is 0. The van der Waals surface area contributed by atoms with Crippen LogP contribution in [0.25, 0.3) is 6.08 Å². The summed E-state index contributed by atoms with van der Waals surface area (Å²) < 4.78 is 0.965. The summed E-state index contributed by atoms with van der Waals surface area (Å²) in [5.41, 5.74) is 2.55. The normalized spacial score (nSPS) is 13.3. The first kappa shape index (κ1) is 11.9. The molecule has 0 fully saturated rings. The van der Waals surface area contributed by atoms with E-state index in [1.165, 1.54) is 11.9 Å². The summed E-state index contributed by atoms with van der Waals surface area (Å²) in [4.78, 5) is 3.96. The van der Waals surface area contributed by atoms with E-state index < -0.39 is 0 Å². The van der Waals surface area contributed by atoms with Crippen LogP contribution in [-0.2, 0) is 0 Å². The molecule has 0 atom stereocenters. The largest absolute Gasteiger partial charge is 0.427 e. The monoisotopic (exact) mass is 226 g/mol. The minimum Gasteiger partial charge on any atom is -0.427 e. The van der Waals surface area contributed by atoms with Gasteiger partial charge in [0.05, 0.1) is 5.69 Å². The van der Waals surface area contributed by atoms with Gasteiger partial charge in [-0.25, -0.2) is 4.98 Å². The number of nitrogens with zero attached hydrogens (tertiary/aromatic N) is 2. The lowest BCUT2D eigenvalue weighted by molar-refractivity contribution is 0.183. The molecule has 0 bridgehead atoms. The maximum Gasteiger partial charge on any atom is 0.132 e. The summed E-state index contributed by atoms with van der Waals surface area (Å²) in [7, 11) is 0. The van der Waals surface area contributed by atoms with Crippen molar-refractivity contribution in [2.45, 2.75) is 27.2 Å². The van der Waals surface area contributed by atoms with Gasteiger partial charge in [-0.3, -0.25) is 0 Å². The zero-order valence-corrected chi connectivity index (χ0v) is 9.91. The lowest BCUT2D eigenvalue weighted by atomic mass is 10.2. The Morgan fingerprint density at radius 3 is 2.80 bits per heavy atom. The van der Waals surface area contributed by atoms with E-state index in [2.05, 4.69) is 11.9 Å². The minimum atomic E-state index is 0.591. The quantitative estimate of drug-likeness (QED) is 0.634. The Morgan fingerprint density at radius 1 is 1.67 bits per heavy atom. The standard InChI is InChI=1S/C11H15ClN2O/c1-4-8(2)5-10(12)6-11-9(3)13-7-14(11)15/h5-7,15H,4H2,1-3H3. The van der Waals surface area contributed by atoms with E-state index in [0.29, 0.717) is 10.7 Å². The molecule has 0 aliphatic rings. The van der Waals surface area contributed by atoms with Crippen LogP contribution in [0.4, 0.5) is 0 Å². The second-order valence-corrected chi connectivity index (χ2v) is 3.87. The Bertz CT molecular complexity index is 385. The number of hydrogen-bond acceptors (Lipinski definition) is 2. The fourth-order valence-corrected chi connectivity index (χ4v) is 1.41. The zero-order chi connectivity index (χ0) is 11.4. The van der Waals surface area contributed by atoms with Crippen molar-refractivity contribution in [1.82, 2.24) is 9.71 Å². The molecular weight excluding hydrogens is 212 g/mol. The van der Waals surface area contributed by atoms with Crippen LogP contribution >= 0.6 is 11.6 Å². The zero-order valence-electron chi connectivity index (χ0n) is 9.16. The van der Waals surface area contributed by atoms with Gasteiger partial charge in [-0.05, 0) is 32.4 Å². The van der Waals surface area contributed by atoms with Gasteiger partial charge in [-0.1, -0.05) is 24.1 Å². The fourth-order valence-electron chi connectivity index (χ4n) is 1.12. The molecule has 0 unspecified atom stereocenters. The number of rotatable bonds is 3. The molecule has 15 heavy (non-hydrogen) atoms. The maximum absolute atomic E-state index is 9.40. The van der Waals surface area contributed by atoms with Crippen LogP contribution in [0.1, 0.15) is 31.7 Å². The smallest absolute Gasteiger partial charge is 0.132 e. The van der Waals surface area contributed by atoms with Crippen LogP contribution in [-0.4, -0.2) is 14.9 Å². The van der Waals surface area contributed by atoms with Crippen LogP contribution in [0.3, 0.4) is 0 Å². The summed E-state index contributed by atoms with van der Waals surface area (Å²) in [5.74, 6) is 0. The van der Waals surface area contributed by atoms with Crippen molar-refractivity contribution in [3.8, 4) is 0 Å². The fraction of sp³-hybridized carbons (Fsp3) is 0.364. The van der Waals surface area contributed by atoms with Gasteiger partial charge in [-0.15, -0.1) is 0 Å². The Kier molecular flexibility index (Phi) is 3.97. The molecule has 0 saturated heterocycles. The van der Waals surface area contributed by atoms with Crippen molar-refractivity contribution in [2.75, 3.05) is 0 Å². The highest BCUT2D eigenvalue weighted by Crippen LogP contribution is 2.16. The SMILES string of the molecule is CCC(C)=CC(Cl)=Cc1c(C)ncn1O. The van der Waals surface area contributed by atoms with E-state index in [-0.39, 0.29) is 0 Å². The predicted molar refractivity (Wildman–Crippen MR) is 62.0 cm³/mol. The Labute approximate surface area is 94.7 Å². The molecule has 0 radical (unpaired) electrons. The summed E-state index contributed by atoms with van der Waals surface area (Å²) in [5, 5.41) is 9.99. The van der Waals surface area contributed by atoms with Crippen molar-refractivity contribution >= 4 is 17.7 Å². The van der Waals surface area contributed by atoms with E-state index in [1.807, 2.05) is 19.9 Å². The van der Waals surface area contributed by atoms with E-state index in [4.69, 9.17) is 11.6 Å². The van der Waals surface area contributed by atoms with E-state index in [0.717, 1.165) is 16.8 Å². The molecule has 0 aliphatic heterocycles. The van der Waals surface area contributed by atoms with Crippen molar-refractivity contribution in [2.24, 2.45) is 0 Å². The van der Waals surface area contributed by atoms with Crippen molar-refractivity contribution in [1.29, 1.82) is 0 Å². The highest BCUT2D eigenvalue weighted by Gasteiger charge is 2.03. The van der Waals surface area contributed by atoms with E-state index >= 15 is 0 Å². The molecule has 0 aromatic carbocycles. The van der Waals surface area contributed by atoms with Gasteiger partial charge >= 0.3 is 0 Å². The molecule has 1 aromatic rings. The Balaban J connectivity index is 2.97. The Hall–Kier alpha value is -1.22. The molecule has 1 N–H and O–H groups in total. The molecule has 82 valence electrons. The van der Waals surface area contributed by atoms with Gasteiger partial charge < -0.3 is 5.21 Å². The van der Waals surface area contributed by atoms with Gasteiger partial charge in [0.25, 0.3) is 0 Å². The van der Waals surface area contributed by atoms with Gasteiger partial charge in [0.2, 0.25) is 0 Å². The van der Waals surface area contributed by atoms with E-state index in [1.54, 1.807) is 6.08 Å². The summed E-state index contributed by atoms with van der Waals surface area (Å²) in [6.45, 7) is 5.90. The number of halogens is 1. The molecule has 0 aliphatic carbocycles. The predicted octanol–water partition coefficient (Wildman–Crippen LogP) is 3.36. The second kappa shape index (κ2) is 5.03. The second-order valence-electron chi connectivity index (χ2n) is 3.43. The molecule has 3 nitrogen and oxygen atoms in total. The third-order valence-electron chi connectivity index (χ3n) is 2.19. The number of aryl methyl sites for hydroxylation is 1. The van der Waals surface area contributed by atoms with Crippen LogP contribution in [0.15, 0.2) is 23.0 Å². The minimum absolute atomic E-state index is 0.591. The first-order valence-corrected chi connectivity index (χ1v) is 5.20. The highest BCUT2D eigenvalue weighted by atomic mass is 35.5. The number of aromatic nitrogens is 2. The van der Waals surface area contributed by atoms with E-state index in [9.17, 15) is 5.21 Å². The number of allylic oxidation sites excluding steroid dienone is 3. The maximum atomic E-state index is 9.40. The highest BCUT2D eigenvalue weighted by molar-refractivity contribution is 6.33. The average Bonchev–Trinajstić information content (AvgIpc) is 2.49. The lowest BCUT2D eigenvalue weighted by Crippen LogP contribution is -1.91. The third kappa shape index (κ3) is 3.13. The molecule has 1 heterocycles. The molecule has 0 saturated carbocycles. The van der Waals surface area contributed by atoms with Gasteiger partial charge in [-0.2, -0.15) is 4.73 Å². The average molecular weight is 227 g/mol. The molecule has 0 spiro atoms. The summed E-state index contributed by atoms with van der Waals surface area (Å²) >= 11 is 6.02. The molecule has 1 rings (SSSR count). The lowest BCUT2D eigenvalue weighted by Gasteiger charge is -1.98. The Morgan fingerprint density at radius 2 is 2.33 bits per heavy atom. The third-order valence-corrected chi connectivity index (χ3v) is 2.41. The van der Waals surface area contributed by atoms with Crippen molar-refractivity contribution < 1.29 is 5.21 Å². The van der Waals surface area contributed by atoms with Crippen LogP contribution in [0.2, 0.25) is 0 Å². The van der Waals surface area contributed by atoms with Crippen LogP contribution in [0.5, 0.6) is 0 Å². The molecule has 0 amide bonds. The molecule has 1 aromatic heterocycles.